The average Bonchev–Trinajstić information content (AvgIpc) is 2.76. The largest absolute Gasteiger partial charge is 0.348 e. The Morgan fingerprint density at radius 2 is 2.42 bits per heavy atom. The monoisotopic (exact) mass is 282 g/mol. The van der Waals surface area contributed by atoms with Crippen molar-refractivity contribution in [3.8, 4) is 0 Å². The maximum Gasteiger partial charge on any atom is 0.228 e. The van der Waals surface area contributed by atoms with Crippen LogP contribution in [0, 0.1) is 0 Å². The number of amides is 1. The molecule has 1 aliphatic heterocycles. The third-order valence-electron chi connectivity index (χ3n) is 3.33. The summed E-state index contributed by atoms with van der Waals surface area (Å²) in [5, 5.41) is 2.95. The van der Waals surface area contributed by atoms with Gasteiger partial charge in [0.05, 0.1) is 12.1 Å². The van der Waals surface area contributed by atoms with E-state index in [-0.39, 0.29) is 5.91 Å². The molecule has 1 amide bonds. The van der Waals surface area contributed by atoms with Gasteiger partial charge in [-0.2, -0.15) is 0 Å². The SMILES string of the molecule is CN(C)C(=O)Cc1nc(CN2CCCC(N)C2)cs1. The fraction of sp³-hybridized carbons (Fsp3) is 0.692. The molecule has 0 aliphatic carbocycles. The fourth-order valence-corrected chi connectivity index (χ4v) is 3.03. The van der Waals surface area contributed by atoms with Crippen molar-refractivity contribution in [3.05, 3.63) is 16.1 Å². The van der Waals surface area contributed by atoms with Crippen molar-refractivity contribution in [2.24, 2.45) is 5.73 Å². The van der Waals surface area contributed by atoms with E-state index in [1.54, 1.807) is 30.3 Å². The normalized spacial score (nSPS) is 20.5. The number of aromatic nitrogens is 1. The van der Waals surface area contributed by atoms with E-state index in [9.17, 15) is 4.79 Å². The first kappa shape index (κ1) is 14.4. The van der Waals surface area contributed by atoms with E-state index < -0.39 is 0 Å². The van der Waals surface area contributed by atoms with Crippen molar-refractivity contribution in [1.82, 2.24) is 14.8 Å². The number of nitrogens with zero attached hydrogens (tertiary/aromatic N) is 3. The molecular weight excluding hydrogens is 260 g/mol. The first-order valence-corrected chi connectivity index (χ1v) is 7.54. The minimum atomic E-state index is 0.0981. The molecule has 0 aromatic carbocycles. The molecule has 0 radical (unpaired) electrons. The lowest BCUT2D eigenvalue weighted by Crippen LogP contribution is -2.42. The number of carbonyl (C=O) groups excluding carboxylic acids is 1. The predicted molar refractivity (Wildman–Crippen MR) is 77.0 cm³/mol. The van der Waals surface area contributed by atoms with Gasteiger partial charge in [-0.25, -0.2) is 4.98 Å². The smallest absolute Gasteiger partial charge is 0.228 e. The fourth-order valence-electron chi connectivity index (χ4n) is 2.25. The molecule has 0 saturated carbocycles. The number of hydrogen-bond acceptors (Lipinski definition) is 5. The lowest BCUT2D eigenvalue weighted by atomic mass is 10.1. The van der Waals surface area contributed by atoms with E-state index in [0.29, 0.717) is 12.5 Å². The molecule has 6 heteroatoms. The van der Waals surface area contributed by atoms with Gasteiger partial charge in [0.25, 0.3) is 0 Å². The van der Waals surface area contributed by atoms with Crippen molar-refractivity contribution in [2.45, 2.75) is 31.8 Å². The zero-order chi connectivity index (χ0) is 13.8. The molecule has 1 fully saturated rings. The number of piperidine rings is 1. The summed E-state index contributed by atoms with van der Waals surface area (Å²) >= 11 is 1.57. The molecule has 1 saturated heterocycles. The predicted octanol–water partition coefficient (Wildman–Crippen LogP) is 0.697. The van der Waals surface area contributed by atoms with Gasteiger partial charge in [0.15, 0.2) is 0 Å². The van der Waals surface area contributed by atoms with E-state index in [1.165, 1.54) is 0 Å². The number of likely N-dealkylation sites (tertiary alicyclic amines) is 1. The second-order valence-corrected chi connectivity index (χ2v) is 6.28. The number of rotatable bonds is 4. The van der Waals surface area contributed by atoms with Gasteiger partial charge < -0.3 is 10.6 Å². The van der Waals surface area contributed by atoms with E-state index in [1.807, 2.05) is 0 Å². The van der Waals surface area contributed by atoms with Gasteiger partial charge in [-0.05, 0) is 19.4 Å². The van der Waals surface area contributed by atoms with Crippen LogP contribution < -0.4 is 5.73 Å². The summed E-state index contributed by atoms with van der Waals surface area (Å²) in [5.41, 5.74) is 7.03. The van der Waals surface area contributed by atoms with Gasteiger partial charge >= 0.3 is 0 Å². The summed E-state index contributed by atoms with van der Waals surface area (Å²) < 4.78 is 0. The lowest BCUT2D eigenvalue weighted by molar-refractivity contribution is -0.127. The minimum Gasteiger partial charge on any atom is -0.348 e. The Hall–Kier alpha value is -0.980. The van der Waals surface area contributed by atoms with Crippen LogP contribution in [-0.4, -0.2) is 53.9 Å². The number of thiazole rings is 1. The summed E-state index contributed by atoms with van der Waals surface area (Å²) in [6.45, 7) is 2.89. The van der Waals surface area contributed by atoms with Gasteiger partial charge in [0.2, 0.25) is 5.91 Å². The maximum atomic E-state index is 11.6. The second kappa shape index (κ2) is 6.45. The molecule has 2 rings (SSSR count). The third kappa shape index (κ3) is 4.26. The van der Waals surface area contributed by atoms with E-state index >= 15 is 0 Å². The van der Waals surface area contributed by atoms with Crippen LogP contribution >= 0.6 is 11.3 Å². The number of hydrogen-bond donors (Lipinski definition) is 1. The van der Waals surface area contributed by atoms with Crippen molar-refractivity contribution >= 4 is 17.2 Å². The van der Waals surface area contributed by atoms with Gasteiger partial charge in [-0.15, -0.1) is 11.3 Å². The Bertz CT molecular complexity index is 432. The number of carbonyl (C=O) groups is 1. The topological polar surface area (TPSA) is 62.5 Å². The van der Waals surface area contributed by atoms with E-state index in [4.69, 9.17) is 5.73 Å². The summed E-state index contributed by atoms with van der Waals surface area (Å²) in [6.07, 6.45) is 2.69. The zero-order valence-corrected chi connectivity index (χ0v) is 12.4. The highest BCUT2D eigenvalue weighted by Crippen LogP contribution is 2.16. The van der Waals surface area contributed by atoms with Crippen LogP contribution in [0.25, 0.3) is 0 Å². The van der Waals surface area contributed by atoms with Gasteiger partial charge in [-0.3, -0.25) is 9.69 Å². The summed E-state index contributed by atoms with van der Waals surface area (Å²) in [6, 6.07) is 0.294. The Kier molecular flexibility index (Phi) is 4.90. The molecule has 106 valence electrons. The molecule has 0 spiro atoms. The van der Waals surface area contributed by atoms with Crippen LogP contribution in [0.1, 0.15) is 23.5 Å². The molecule has 19 heavy (non-hydrogen) atoms. The minimum absolute atomic E-state index is 0.0981. The van der Waals surface area contributed by atoms with Crippen LogP contribution in [0.3, 0.4) is 0 Å². The molecule has 2 heterocycles. The Labute approximate surface area is 118 Å². The highest BCUT2D eigenvalue weighted by molar-refractivity contribution is 7.09. The third-order valence-corrected chi connectivity index (χ3v) is 4.23. The van der Waals surface area contributed by atoms with E-state index in [0.717, 1.165) is 43.2 Å². The first-order valence-electron chi connectivity index (χ1n) is 6.66. The molecular formula is C13H22N4OS. The molecule has 1 aliphatic rings. The molecule has 1 aromatic heterocycles. The highest BCUT2D eigenvalue weighted by atomic mass is 32.1. The molecule has 1 aromatic rings. The Balaban J connectivity index is 1.88. The maximum absolute atomic E-state index is 11.6. The van der Waals surface area contributed by atoms with E-state index in [2.05, 4.69) is 15.3 Å². The quantitative estimate of drug-likeness (QED) is 0.883. The standard InChI is InChI=1S/C13H22N4OS/c1-16(2)13(18)6-12-15-11(9-19-12)8-17-5-3-4-10(14)7-17/h9-10H,3-8,14H2,1-2H3. The molecule has 5 nitrogen and oxygen atoms in total. The molecule has 1 unspecified atom stereocenters. The van der Waals surface area contributed by atoms with Gasteiger partial charge in [-0.1, -0.05) is 0 Å². The van der Waals surface area contributed by atoms with Crippen LogP contribution in [0.2, 0.25) is 0 Å². The van der Waals surface area contributed by atoms with Crippen molar-refractivity contribution < 1.29 is 4.79 Å². The number of likely N-dealkylation sites (N-methyl/N-ethyl adjacent to an activating group) is 1. The summed E-state index contributed by atoms with van der Waals surface area (Å²) in [4.78, 5) is 20.1. The van der Waals surface area contributed by atoms with Crippen molar-refractivity contribution in [2.75, 3.05) is 27.2 Å². The van der Waals surface area contributed by atoms with Crippen LogP contribution in [0.15, 0.2) is 5.38 Å². The van der Waals surface area contributed by atoms with Gasteiger partial charge in [0, 0.05) is 38.6 Å². The molecule has 1 atom stereocenters. The van der Waals surface area contributed by atoms with Crippen molar-refractivity contribution in [1.29, 1.82) is 0 Å². The molecule has 2 N–H and O–H groups in total. The lowest BCUT2D eigenvalue weighted by Gasteiger charge is -2.29. The Morgan fingerprint density at radius 1 is 1.63 bits per heavy atom. The summed E-state index contributed by atoms with van der Waals surface area (Å²) in [7, 11) is 3.54. The highest BCUT2D eigenvalue weighted by Gasteiger charge is 2.18. The average molecular weight is 282 g/mol. The van der Waals surface area contributed by atoms with Crippen molar-refractivity contribution in [3.63, 3.8) is 0 Å². The Morgan fingerprint density at radius 3 is 3.11 bits per heavy atom. The van der Waals surface area contributed by atoms with Crippen LogP contribution in [-0.2, 0) is 17.8 Å². The first-order chi connectivity index (χ1) is 9.04. The van der Waals surface area contributed by atoms with Crippen LogP contribution in [0.4, 0.5) is 0 Å². The second-order valence-electron chi connectivity index (χ2n) is 5.33. The zero-order valence-electron chi connectivity index (χ0n) is 11.6. The van der Waals surface area contributed by atoms with Gasteiger partial charge in [0.1, 0.15) is 5.01 Å². The molecule has 0 bridgehead atoms. The van der Waals surface area contributed by atoms with Crippen LogP contribution in [0.5, 0.6) is 0 Å². The number of nitrogens with two attached hydrogens (primary N) is 1. The summed E-state index contributed by atoms with van der Waals surface area (Å²) in [5.74, 6) is 0.0981.